The van der Waals surface area contributed by atoms with Gasteiger partial charge in [0.2, 0.25) is 0 Å². The van der Waals surface area contributed by atoms with Crippen LogP contribution < -0.4 is 10.1 Å². The third-order valence-corrected chi connectivity index (χ3v) is 4.06. The van der Waals surface area contributed by atoms with Gasteiger partial charge in [-0.2, -0.15) is 8.78 Å². The van der Waals surface area contributed by atoms with Crippen molar-refractivity contribution in [2.45, 2.75) is 10.7 Å². The second-order valence-corrected chi connectivity index (χ2v) is 6.15. The van der Waals surface area contributed by atoms with Gasteiger partial charge < -0.3 is 10.1 Å². The summed E-state index contributed by atoms with van der Waals surface area (Å²) in [6.07, 6.45) is 2.54. The minimum absolute atomic E-state index is 0.0350. The topological polar surface area (TPSA) is 64.1 Å². The standard InChI is InChI=1S/C18H12F3N3O2S/c19-13-6-2-3-7-14(13)26-18-22-9-11(10-23-18)24-16(25)12-5-1-4-8-15(12)27-17(20)21/h1-10,17H,(H,24,25). The molecule has 2 aromatic carbocycles. The average molecular weight is 391 g/mol. The largest absolute Gasteiger partial charge is 0.421 e. The maximum atomic E-state index is 13.5. The second kappa shape index (κ2) is 8.54. The Balaban J connectivity index is 1.70. The van der Waals surface area contributed by atoms with Crippen LogP contribution in [0.5, 0.6) is 11.8 Å². The van der Waals surface area contributed by atoms with E-state index in [2.05, 4.69) is 15.3 Å². The fraction of sp³-hybridized carbons (Fsp3) is 0.0556. The molecule has 3 rings (SSSR count). The summed E-state index contributed by atoms with van der Waals surface area (Å²) in [6, 6.07) is 11.7. The highest BCUT2D eigenvalue weighted by molar-refractivity contribution is 7.99. The Morgan fingerprint density at radius 3 is 2.41 bits per heavy atom. The number of hydrogen-bond acceptors (Lipinski definition) is 5. The van der Waals surface area contributed by atoms with Gasteiger partial charge in [-0.25, -0.2) is 14.4 Å². The van der Waals surface area contributed by atoms with E-state index in [-0.39, 0.29) is 39.7 Å². The van der Waals surface area contributed by atoms with E-state index in [4.69, 9.17) is 4.74 Å². The van der Waals surface area contributed by atoms with Crippen molar-refractivity contribution >= 4 is 23.4 Å². The lowest BCUT2D eigenvalue weighted by atomic mass is 10.2. The molecule has 27 heavy (non-hydrogen) atoms. The Bertz CT molecular complexity index is 939. The number of amides is 1. The molecule has 0 aliphatic carbocycles. The van der Waals surface area contributed by atoms with E-state index < -0.39 is 17.5 Å². The van der Waals surface area contributed by atoms with Crippen LogP contribution in [0, 0.1) is 5.82 Å². The Morgan fingerprint density at radius 2 is 1.70 bits per heavy atom. The number of rotatable bonds is 6. The lowest BCUT2D eigenvalue weighted by Crippen LogP contribution is -2.13. The molecule has 0 saturated carbocycles. The fourth-order valence-corrected chi connectivity index (χ4v) is 2.75. The van der Waals surface area contributed by atoms with Crippen molar-refractivity contribution in [3.05, 3.63) is 72.3 Å². The van der Waals surface area contributed by atoms with Gasteiger partial charge in [-0.3, -0.25) is 4.79 Å². The molecule has 1 N–H and O–H groups in total. The summed E-state index contributed by atoms with van der Waals surface area (Å²) in [4.78, 5) is 20.3. The first-order chi connectivity index (χ1) is 13.0. The van der Waals surface area contributed by atoms with Gasteiger partial charge in [-0.05, 0) is 24.3 Å². The first-order valence-electron chi connectivity index (χ1n) is 7.62. The number of ether oxygens (including phenoxy) is 1. The predicted octanol–water partition coefficient (Wildman–Crippen LogP) is 4.98. The summed E-state index contributed by atoms with van der Waals surface area (Å²) in [5.74, 6) is -3.82. The molecule has 9 heteroatoms. The number of nitrogens with one attached hydrogen (secondary N) is 1. The summed E-state index contributed by atoms with van der Waals surface area (Å²) in [6.45, 7) is 0. The third-order valence-electron chi connectivity index (χ3n) is 3.27. The van der Waals surface area contributed by atoms with Gasteiger partial charge in [0.15, 0.2) is 11.6 Å². The number of nitrogens with zero attached hydrogens (tertiary/aromatic N) is 2. The maximum absolute atomic E-state index is 13.5. The van der Waals surface area contributed by atoms with Crippen molar-refractivity contribution < 1.29 is 22.7 Å². The molecular weight excluding hydrogens is 379 g/mol. The molecule has 0 aliphatic heterocycles. The number of para-hydroxylation sites is 1. The molecule has 1 amide bonds. The summed E-state index contributed by atoms with van der Waals surface area (Å²) in [7, 11) is 0. The molecule has 0 aliphatic rings. The predicted molar refractivity (Wildman–Crippen MR) is 94.8 cm³/mol. The van der Waals surface area contributed by atoms with Crippen LogP contribution in [0.2, 0.25) is 0 Å². The molecule has 138 valence electrons. The molecular formula is C18H12F3N3O2S. The normalized spacial score (nSPS) is 10.7. The number of anilines is 1. The van der Waals surface area contributed by atoms with Gasteiger partial charge in [0.25, 0.3) is 11.7 Å². The zero-order chi connectivity index (χ0) is 19.2. The SMILES string of the molecule is O=C(Nc1cnc(Oc2ccccc2F)nc1)c1ccccc1SC(F)F. The number of thioether (sulfide) groups is 1. The smallest absolute Gasteiger partial charge is 0.322 e. The molecule has 0 radical (unpaired) electrons. The number of halogens is 3. The number of alkyl halides is 2. The van der Waals surface area contributed by atoms with Crippen molar-refractivity contribution in [1.29, 1.82) is 0 Å². The van der Waals surface area contributed by atoms with Crippen LogP contribution in [0.1, 0.15) is 10.4 Å². The van der Waals surface area contributed by atoms with Crippen molar-refractivity contribution in [3.8, 4) is 11.8 Å². The maximum Gasteiger partial charge on any atom is 0.322 e. The molecule has 0 unspecified atom stereocenters. The Hall–Kier alpha value is -3.07. The van der Waals surface area contributed by atoms with Crippen LogP contribution in [0.25, 0.3) is 0 Å². The number of carbonyl (C=O) groups excluding carboxylic acids is 1. The summed E-state index contributed by atoms with van der Waals surface area (Å²) < 4.78 is 44.0. The molecule has 0 spiro atoms. The molecule has 0 atom stereocenters. The lowest BCUT2D eigenvalue weighted by Gasteiger charge is -2.09. The first kappa shape index (κ1) is 18.7. The Morgan fingerprint density at radius 1 is 1.04 bits per heavy atom. The van der Waals surface area contributed by atoms with Crippen molar-refractivity contribution in [2.75, 3.05) is 5.32 Å². The number of carbonyl (C=O) groups is 1. The zero-order valence-electron chi connectivity index (χ0n) is 13.6. The van der Waals surface area contributed by atoms with Gasteiger partial charge in [0.1, 0.15) is 0 Å². The van der Waals surface area contributed by atoms with Crippen LogP contribution >= 0.6 is 11.8 Å². The zero-order valence-corrected chi connectivity index (χ0v) is 14.4. The number of hydrogen-bond donors (Lipinski definition) is 1. The summed E-state index contributed by atoms with van der Waals surface area (Å²) in [5.41, 5.74) is 0.340. The van der Waals surface area contributed by atoms with Crippen LogP contribution in [-0.2, 0) is 0 Å². The molecule has 0 bridgehead atoms. The minimum Gasteiger partial charge on any atom is -0.421 e. The van der Waals surface area contributed by atoms with Crippen molar-refractivity contribution in [3.63, 3.8) is 0 Å². The van der Waals surface area contributed by atoms with Crippen LogP contribution in [0.15, 0.2) is 65.8 Å². The number of benzene rings is 2. The fourth-order valence-electron chi connectivity index (χ4n) is 2.11. The average Bonchev–Trinajstić information content (AvgIpc) is 2.65. The monoisotopic (exact) mass is 391 g/mol. The summed E-state index contributed by atoms with van der Waals surface area (Å²) in [5, 5.41) is 2.52. The van der Waals surface area contributed by atoms with Gasteiger partial charge in [0, 0.05) is 4.90 Å². The molecule has 3 aromatic rings. The highest BCUT2D eigenvalue weighted by Gasteiger charge is 2.15. The van der Waals surface area contributed by atoms with Gasteiger partial charge in [0.05, 0.1) is 23.6 Å². The van der Waals surface area contributed by atoms with Crippen LogP contribution in [0.4, 0.5) is 18.9 Å². The highest BCUT2D eigenvalue weighted by Crippen LogP contribution is 2.29. The molecule has 0 saturated heterocycles. The summed E-state index contributed by atoms with van der Waals surface area (Å²) >= 11 is 0.288. The van der Waals surface area contributed by atoms with E-state index in [9.17, 15) is 18.0 Å². The van der Waals surface area contributed by atoms with Gasteiger partial charge >= 0.3 is 6.01 Å². The van der Waals surface area contributed by atoms with E-state index in [0.717, 1.165) is 0 Å². The highest BCUT2D eigenvalue weighted by atomic mass is 32.2. The lowest BCUT2D eigenvalue weighted by molar-refractivity contribution is 0.102. The van der Waals surface area contributed by atoms with Gasteiger partial charge in [-0.15, -0.1) is 0 Å². The van der Waals surface area contributed by atoms with E-state index in [0.29, 0.717) is 0 Å². The van der Waals surface area contributed by atoms with Crippen LogP contribution in [-0.4, -0.2) is 21.6 Å². The second-order valence-electron chi connectivity index (χ2n) is 5.12. The van der Waals surface area contributed by atoms with Crippen molar-refractivity contribution in [2.24, 2.45) is 0 Å². The Kier molecular flexibility index (Phi) is 5.92. The van der Waals surface area contributed by atoms with Crippen LogP contribution in [0.3, 0.4) is 0 Å². The molecule has 1 aromatic heterocycles. The van der Waals surface area contributed by atoms with Gasteiger partial charge in [-0.1, -0.05) is 36.0 Å². The van der Waals surface area contributed by atoms with E-state index >= 15 is 0 Å². The molecule has 0 fully saturated rings. The molecule has 1 heterocycles. The Labute approximate surface area is 156 Å². The quantitative estimate of drug-likeness (QED) is 0.601. The third kappa shape index (κ3) is 4.98. The van der Waals surface area contributed by atoms with E-state index in [1.165, 1.54) is 42.7 Å². The molecule has 5 nitrogen and oxygen atoms in total. The minimum atomic E-state index is -2.64. The number of aromatic nitrogens is 2. The van der Waals surface area contributed by atoms with E-state index in [1.807, 2.05) is 0 Å². The first-order valence-corrected chi connectivity index (χ1v) is 8.50. The van der Waals surface area contributed by atoms with E-state index in [1.54, 1.807) is 18.2 Å². The van der Waals surface area contributed by atoms with Crippen molar-refractivity contribution in [1.82, 2.24) is 9.97 Å².